The summed E-state index contributed by atoms with van der Waals surface area (Å²) >= 11 is 0. The molecule has 0 bridgehead atoms. The summed E-state index contributed by atoms with van der Waals surface area (Å²) < 4.78 is 0. The van der Waals surface area contributed by atoms with Crippen LogP contribution < -0.4 is 5.32 Å². The highest BCUT2D eigenvalue weighted by Gasteiger charge is 2.46. The number of fused-ring (bicyclic) bond motifs is 2. The van der Waals surface area contributed by atoms with Gasteiger partial charge >= 0.3 is 5.97 Å². The van der Waals surface area contributed by atoms with Crippen molar-refractivity contribution in [2.24, 2.45) is 5.92 Å². The van der Waals surface area contributed by atoms with Gasteiger partial charge in [0, 0.05) is 24.3 Å². The Bertz CT molecular complexity index is 910. The van der Waals surface area contributed by atoms with Gasteiger partial charge in [0.2, 0.25) is 5.91 Å². The normalized spacial score (nSPS) is 18.1. The SMILES string of the molecule is CC(C(=O)Nc1c2c(cc3c1CCC3)CCC2)C(C)(C(=O)O)c1cnccn1. The van der Waals surface area contributed by atoms with Gasteiger partial charge in [0.25, 0.3) is 0 Å². The predicted octanol–water partition coefficient (Wildman–Crippen LogP) is 3.07. The lowest BCUT2D eigenvalue weighted by atomic mass is 9.75. The minimum absolute atomic E-state index is 0.286. The molecule has 1 amide bonds. The number of carboxylic acid groups (broad SMARTS) is 1. The summed E-state index contributed by atoms with van der Waals surface area (Å²) in [7, 11) is 0. The molecule has 0 saturated heterocycles. The number of anilines is 1. The smallest absolute Gasteiger partial charge is 0.316 e. The summed E-state index contributed by atoms with van der Waals surface area (Å²) in [5.41, 5.74) is 4.90. The Hall–Kier alpha value is -2.76. The van der Waals surface area contributed by atoms with Gasteiger partial charge in [-0.15, -0.1) is 0 Å². The van der Waals surface area contributed by atoms with E-state index in [1.165, 1.54) is 40.8 Å². The minimum atomic E-state index is -1.46. The van der Waals surface area contributed by atoms with Gasteiger partial charge in [0.05, 0.1) is 11.6 Å². The van der Waals surface area contributed by atoms with E-state index in [0.29, 0.717) is 0 Å². The Morgan fingerprint density at radius 2 is 1.75 bits per heavy atom. The quantitative estimate of drug-likeness (QED) is 0.833. The van der Waals surface area contributed by atoms with E-state index in [2.05, 4.69) is 21.4 Å². The standard InChI is InChI=1S/C22H25N3O3/c1-13(22(2,21(27)28)18-12-23-9-10-24-18)20(26)25-19-16-7-3-5-14(16)11-15-6-4-8-17(15)19/h9-13H,3-8H2,1-2H3,(H,25,26)(H,27,28). The molecule has 4 rings (SSSR count). The number of amides is 1. The van der Waals surface area contributed by atoms with Crippen LogP contribution >= 0.6 is 0 Å². The zero-order valence-corrected chi connectivity index (χ0v) is 16.3. The van der Waals surface area contributed by atoms with Crippen LogP contribution in [0, 0.1) is 5.92 Å². The van der Waals surface area contributed by atoms with Crippen LogP contribution in [0.15, 0.2) is 24.7 Å². The summed E-state index contributed by atoms with van der Waals surface area (Å²) in [6, 6.07) is 2.31. The summed E-state index contributed by atoms with van der Waals surface area (Å²) in [6.45, 7) is 3.20. The fraction of sp³-hybridized carbons (Fsp3) is 0.455. The first-order valence-corrected chi connectivity index (χ1v) is 9.90. The third-order valence-electron chi connectivity index (χ3n) is 6.52. The highest BCUT2D eigenvalue weighted by molar-refractivity contribution is 5.99. The van der Waals surface area contributed by atoms with E-state index in [1.54, 1.807) is 13.8 Å². The van der Waals surface area contributed by atoms with Crippen LogP contribution in [-0.4, -0.2) is 27.0 Å². The van der Waals surface area contributed by atoms with Crippen LogP contribution in [0.25, 0.3) is 0 Å². The molecule has 2 atom stereocenters. The summed E-state index contributed by atoms with van der Waals surface area (Å²) in [4.78, 5) is 33.5. The largest absolute Gasteiger partial charge is 0.481 e. The van der Waals surface area contributed by atoms with Gasteiger partial charge in [0.15, 0.2) is 0 Å². The van der Waals surface area contributed by atoms with Crippen molar-refractivity contribution >= 4 is 17.6 Å². The molecule has 0 saturated carbocycles. The van der Waals surface area contributed by atoms with E-state index < -0.39 is 17.3 Å². The first-order valence-electron chi connectivity index (χ1n) is 9.90. The molecular weight excluding hydrogens is 354 g/mol. The van der Waals surface area contributed by atoms with Crippen molar-refractivity contribution in [3.63, 3.8) is 0 Å². The third kappa shape index (κ3) is 2.87. The second kappa shape index (κ2) is 7.00. The van der Waals surface area contributed by atoms with E-state index in [0.717, 1.165) is 44.2 Å². The Morgan fingerprint density at radius 3 is 2.29 bits per heavy atom. The monoisotopic (exact) mass is 379 g/mol. The van der Waals surface area contributed by atoms with E-state index in [-0.39, 0.29) is 11.6 Å². The Kier molecular flexibility index (Phi) is 4.65. The summed E-state index contributed by atoms with van der Waals surface area (Å²) in [5.74, 6) is -2.18. The molecule has 0 fully saturated rings. The molecule has 2 N–H and O–H groups in total. The number of nitrogens with one attached hydrogen (secondary N) is 1. The highest BCUT2D eigenvalue weighted by atomic mass is 16.4. The second-order valence-corrected chi connectivity index (χ2v) is 8.04. The molecule has 2 aliphatic rings. The average molecular weight is 379 g/mol. The van der Waals surface area contributed by atoms with Crippen LogP contribution in [0.5, 0.6) is 0 Å². The molecule has 146 valence electrons. The number of nitrogens with zero attached hydrogens (tertiary/aromatic N) is 2. The molecule has 6 heteroatoms. The van der Waals surface area contributed by atoms with Gasteiger partial charge in [-0.25, -0.2) is 0 Å². The van der Waals surface area contributed by atoms with E-state index in [1.807, 2.05) is 0 Å². The maximum absolute atomic E-state index is 13.2. The van der Waals surface area contributed by atoms with Gasteiger partial charge in [0.1, 0.15) is 5.41 Å². The van der Waals surface area contributed by atoms with Crippen molar-refractivity contribution in [2.45, 2.75) is 57.8 Å². The number of rotatable bonds is 5. The fourth-order valence-electron chi connectivity index (χ4n) is 4.54. The predicted molar refractivity (Wildman–Crippen MR) is 105 cm³/mol. The van der Waals surface area contributed by atoms with Crippen molar-refractivity contribution < 1.29 is 14.7 Å². The van der Waals surface area contributed by atoms with Crippen LogP contribution in [0.1, 0.15) is 54.6 Å². The number of hydrogen-bond donors (Lipinski definition) is 2. The summed E-state index contributed by atoms with van der Waals surface area (Å²) in [6.07, 6.45) is 10.6. The summed E-state index contributed by atoms with van der Waals surface area (Å²) in [5, 5.41) is 13.1. The van der Waals surface area contributed by atoms with Gasteiger partial charge in [-0.2, -0.15) is 0 Å². The topological polar surface area (TPSA) is 92.2 Å². The molecule has 2 aliphatic carbocycles. The molecule has 0 radical (unpaired) electrons. The molecule has 2 aromatic rings. The van der Waals surface area contributed by atoms with Gasteiger partial charge in [-0.05, 0) is 67.7 Å². The van der Waals surface area contributed by atoms with Crippen molar-refractivity contribution in [2.75, 3.05) is 5.32 Å². The number of hydrogen-bond acceptors (Lipinski definition) is 4. The van der Waals surface area contributed by atoms with Gasteiger partial charge in [-0.1, -0.05) is 13.0 Å². The van der Waals surface area contributed by atoms with Crippen LogP contribution in [0.4, 0.5) is 5.69 Å². The highest BCUT2D eigenvalue weighted by Crippen LogP contribution is 2.40. The number of aryl methyl sites for hydroxylation is 2. The maximum Gasteiger partial charge on any atom is 0.316 e. The molecule has 28 heavy (non-hydrogen) atoms. The van der Waals surface area contributed by atoms with Crippen LogP contribution in [0.3, 0.4) is 0 Å². The van der Waals surface area contributed by atoms with E-state index in [4.69, 9.17) is 0 Å². The lowest BCUT2D eigenvalue weighted by molar-refractivity contribution is -0.148. The van der Waals surface area contributed by atoms with Gasteiger partial charge < -0.3 is 10.4 Å². The van der Waals surface area contributed by atoms with E-state index in [9.17, 15) is 14.7 Å². The lowest BCUT2D eigenvalue weighted by Crippen LogP contribution is -2.45. The first-order chi connectivity index (χ1) is 13.4. The number of aliphatic carboxylic acids is 1. The van der Waals surface area contributed by atoms with E-state index >= 15 is 0 Å². The second-order valence-electron chi connectivity index (χ2n) is 8.04. The number of carbonyl (C=O) groups is 2. The number of carbonyl (C=O) groups excluding carboxylic acids is 1. The maximum atomic E-state index is 13.2. The number of carboxylic acids is 1. The van der Waals surface area contributed by atoms with Crippen molar-refractivity contribution in [1.82, 2.24) is 9.97 Å². The Balaban J connectivity index is 1.68. The zero-order chi connectivity index (χ0) is 19.9. The zero-order valence-electron chi connectivity index (χ0n) is 16.3. The van der Waals surface area contributed by atoms with Crippen molar-refractivity contribution in [3.8, 4) is 0 Å². The molecule has 1 heterocycles. The molecule has 1 aromatic carbocycles. The molecule has 2 unspecified atom stereocenters. The minimum Gasteiger partial charge on any atom is -0.481 e. The molecule has 0 spiro atoms. The number of aromatic nitrogens is 2. The molecule has 0 aliphatic heterocycles. The average Bonchev–Trinajstić information content (AvgIpc) is 3.36. The van der Waals surface area contributed by atoms with Gasteiger partial charge in [-0.3, -0.25) is 19.6 Å². The molecule has 1 aromatic heterocycles. The number of benzene rings is 1. The molecule has 6 nitrogen and oxygen atoms in total. The lowest BCUT2D eigenvalue weighted by Gasteiger charge is -2.30. The van der Waals surface area contributed by atoms with Crippen molar-refractivity contribution in [3.05, 3.63) is 52.6 Å². The first kappa shape index (κ1) is 18.6. The Morgan fingerprint density at radius 1 is 1.11 bits per heavy atom. The van der Waals surface area contributed by atoms with Crippen LogP contribution in [0.2, 0.25) is 0 Å². The van der Waals surface area contributed by atoms with Crippen LogP contribution in [-0.2, 0) is 40.7 Å². The van der Waals surface area contributed by atoms with Crippen molar-refractivity contribution in [1.29, 1.82) is 0 Å². The fourth-order valence-corrected chi connectivity index (χ4v) is 4.54. The third-order valence-corrected chi connectivity index (χ3v) is 6.52. The Labute approximate surface area is 164 Å². The molecular formula is C22H25N3O3.